The van der Waals surface area contributed by atoms with Crippen molar-refractivity contribution in [1.82, 2.24) is 14.1 Å². The molecule has 0 saturated carbocycles. The lowest BCUT2D eigenvalue weighted by atomic mass is 10.2. The first-order valence-corrected chi connectivity index (χ1v) is 10.9. The number of piperazine rings is 1. The van der Waals surface area contributed by atoms with Crippen LogP contribution in [-0.4, -0.2) is 86.5 Å². The largest absolute Gasteiger partial charge is 0.372 e. The van der Waals surface area contributed by atoms with E-state index in [2.05, 4.69) is 0 Å². The number of amides is 1. The average Bonchev–Trinajstić information content (AvgIpc) is 2.61. The molecule has 1 aromatic rings. The molecule has 2 fully saturated rings. The second-order valence-corrected chi connectivity index (χ2v) is 9.49. The summed E-state index contributed by atoms with van der Waals surface area (Å²) in [7, 11) is -3.47. The van der Waals surface area contributed by atoms with Gasteiger partial charge < -0.3 is 9.64 Å². The van der Waals surface area contributed by atoms with Gasteiger partial charge in [0.15, 0.2) is 0 Å². The Bertz CT molecular complexity index is 748. The van der Waals surface area contributed by atoms with Crippen LogP contribution < -0.4 is 0 Å². The lowest BCUT2D eigenvalue weighted by molar-refractivity contribution is -0.144. The van der Waals surface area contributed by atoms with Crippen molar-refractivity contribution < 1.29 is 17.9 Å². The van der Waals surface area contributed by atoms with Gasteiger partial charge in [-0.1, -0.05) is 17.7 Å². The van der Waals surface area contributed by atoms with E-state index in [4.69, 9.17) is 4.74 Å². The maximum atomic E-state index is 12.8. The van der Waals surface area contributed by atoms with Crippen LogP contribution in [-0.2, 0) is 19.6 Å². The van der Waals surface area contributed by atoms with Gasteiger partial charge in [0.25, 0.3) is 0 Å². The minimum atomic E-state index is -3.47. The number of nitrogens with zero attached hydrogens (tertiary/aromatic N) is 3. The molecule has 2 aliphatic rings. The Labute approximate surface area is 161 Å². The van der Waals surface area contributed by atoms with E-state index >= 15 is 0 Å². The van der Waals surface area contributed by atoms with Gasteiger partial charge in [-0.15, -0.1) is 0 Å². The Morgan fingerprint density at radius 2 is 1.59 bits per heavy atom. The highest BCUT2D eigenvalue weighted by Gasteiger charge is 2.31. The van der Waals surface area contributed by atoms with Gasteiger partial charge in [-0.05, 0) is 32.9 Å². The summed E-state index contributed by atoms with van der Waals surface area (Å²) in [6, 6.07) is 6.93. The van der Waals surface area contributed by atoms with Crippen molar-refractivity contribution in [3.8, 4) is 0 Å². The minimum absolute atomic E-state index is 0.0502. The van der Waals surface area contributed by atoms with Gasteiger partial charge in [-0.2, -0.15) is 4.31 Å². The van der Waals surface area contributed by atoms with Gasteiger partial charge in [0.1, 0.15) is 0 Å². The van der Waals surface area contributed by atoms with Crippen LogP contribution in [0.15, 0.2) is 29.2 Å². The summed E-state index contributed by atoms with van der Waals surface area (Å²) in [5.41, 5.74) is 1.03. The smallest absolute Gasteiger partial charge is 0.243 e. The summed E-state index contributed by atoms with van der Waals surface area (Å²) in [5, 5.41) is 0. The van der Waals surface area contributed by atoms with Crippen LogP contribution in [0.5, 0.6) is 0 Å². The number of carbonyl (C=O) groups excluding carboxylic acids is 1. The van der Waals surface area contributed by atoms with Crippen molar-refractivity contribution in [2.75, 3.05) is 45.8 Å². The monoisotopic (exact) mass is 395 g/mol. The Balaban J connectivity index is 1.54. The molecular formula is C19H29N3O4S. The third-order valence-corrected chi connectivity index (χ3v) is 7.03. The van der Waals surface area contributed by atoms with Crippen LogP contribution in [0.2, 0.25) is 0 Å². The number of hydrogen-bond donors (Lipinski definition) is 0. The molecule has 2 aliphatic heterocycles. The molecule has 1 aromatic carbocycles. The van der Waals surface area contributed by atoms with E-state index in [0.29, 0.717) is 50.7 Å². The Hall–Kier alpha value is -1.48. The molecule has 7 nitrogen and oxygen atoms in total. The maximum Gasteiger partial charge on any atom is 0.243 e. The highest BCUT2D eigenvalue weighted by molar-refractivity contribution is 7.89. The first-order valence-electron chi connectivity index (χ1n) is 9.48. The van der Waals surface area contributed by atoms with Crippen molar-refractivity contribution in [3.63, 3.8) is 0 Å². The molecule has 8 heteroatoms. The molecule has 0 unspecified atom stereocenters. The number of carbonyl (C=O) groups is 1. The molecule has 3 rings (SSSR count). The molecule has 0 radical (unpaired) electrons. The van der Waals surface area contributed by atoms with Crippen LogP contribution in [0.4, 0.5) is 0 Å². The van der Waals surface area contributed by atoms with Crippen LogP contribution >= 0.6 is 0 Å². The quantitative estimate of drug-likeness (QED) is 0.759. The number of morpholine rings is 1. The first kappa shape index (κ1) is 20.3. The van der Waals surface area contributed by atoms with E-state index in [1.807, 2.05) is 42.7 Å². The van der Waals surface area contributed by atoms with Crippen molar-refractivity contribution in [2.24, 2.45) is 0 Å². The summed E-state index contributed by atoms with van der Waals surface area (Å²) in [4.78, 5) is 16.8. The van der Waals surface area contributed by atoms with Gasteiger partial charge >= 0.3 is 0 Å². The number of sulfonamides is 1. The Kier molecular flexibility index (Phi) is 6.20. The molecule has 2 saturated heterocycles. The zero-order valence-corrected chi connectivity index (χ0v) is 17.1. The van der Waals surface area contributed by atoms with Crippen LogP contribution in [0.3, 0.4) is 0 Å². The fraction of sp³-hybridized carbons (Fsp3) is 0.632. The third-order valence-electron chi connectivity index (χ3n) is 5.12. The first-order chi connectivity index (χ1) is 12.8. The molecule has 0 spiro atoms. The maximum absolute atomic E-state index is 12.8. The second kappa shape index (κ2) is 8.26. The molecule has 2 atom stereocenters. The third kappa shape index (κ3) is 4.87. The van der Waals surface area contributed by atoms with Crippen LogP contribution in [0, 0.1) is 6.92 Å². The minimum Gasteiger partial charge on any atom is -0.372 e. The van der Waals surface area contributed by atoms with Gasteiger partial charge in [-0.3, -0.25) is 9.69 Å². The molecule has 0 N–H and O–H groups in total. The highest BCUT2D eigenvalue weighted by Crippen LogP contribution is 2.18. The van der Waals surface area contributed by atoms with Crippen molar-refractivity contribution >= 4 is 15.9 Å². The van der Waals surface area contributed by atoms with Gasteiger partial charge in [0.05, 0.1) is 23.6 Å². The molecule has 27 heavy (non-hydrogen) atoms. The summed E-state index contributed by atoms with van der Waals surface area (Å²) in [6.45, 7) is 9.38. The van der Waals surface area contributed by atoms with E-state index in [-0.39, 0.29) is 18.1 Å². The summed E-state index contributed by atoms with van der Waals surface area (Å²) < 4.78 is 32.7. The molecule has 1 amide bonds. The number of aryl methyl sites for hydroxylation is 1. The fourth-order valence-electron chi connectivity index (χ4n) is 3.66. The summed E-state index contributed by atoms with van der Waals surface area (Å²) >= 11 is 0. The van der Waals surface area contributed by atoms with Crippen LogP contribution in [0.25, 0.3) is 0 Å². The lowest BCUT2D eigenvalue weighted by Gasteiger charge is -2.38. The summed E-state index contributed by atoms with van der Waals surface area (Å²) in [5.74, 6) is 0.0897. The van der Waals surface area contributed by atoms with Gasteiger partial charge in [0, 0.05) is 39.3 Å². The molecule has 150 valence electrons. The normalized spacial score (nSPS) is 25.5. The number of hydrogen-bond acceptors (Lipinski definition) is 5. The fourth-order valence-corrected chi connectivity index (χ4v) is 5.08. The molecule has 0 aliphatic carbocycles. The van der Waals surface area contributed by atoms with Gasteiger partial charge in [-0.25, -0.2) is 8.42 Å². The molecule has 2 heterocycles. The molecule has 0 aromatic heterocycles. The van der Waals surface area contributed by atoms with Gasteiger partial charge in [0.2, 0.25) is 15.9 Å². The topological polar surface area (TPSA) is 70.2 Å². The second-order valence-electron chi connectivity index (χ2n) is 7.55. The lowest BCUT2D eigenvalue weighted by Crippen LogP contribution is -2.54. The Morgan fingerprint density at radius 1 is 1.04 bits per heavy atom. The zero-order chi connectivity index (χ0) is 19.6. The predicted octanol–water partition coefficient (Wildman–Crippen LogP) is 0.937. The van der Waals surface area contributed by atoms with E-state index in [1.54, 1.807) is 12.1 Å². The van der Waals surface area contributed by atoms with Crippen molar-refractivity contribution in [2.45, 2.75) is 37.9 Å². The zero-order valence-electron chi connectivity index (χ0n) is 16.3. The van der Waals surface area contributed by atoms with E-state index in [0.717, 1.165) is 5.56 Å². The molecular weight excluding hydrogens is 366 g/mol. The van der Waals surface area contributed by atoms with E-state index in [9.17, 15) is 13.2 Å². The highest BCUT2D eigenvalue weighted by atomic mass is 32.2. The average molecular weight is 396 g/mol. The summed E-state index contributed by atoms with van der Waals surface area (Å²) in [6.07, 6.45) is 0.100. The standard InChI is InChI=1S/C19H29N3O4S/c1-15-4-6-18(7-5-15)27(24,25)22-10-8-20(9-11-22)14-19(23)21-12-16(2)26-17(3)13-21/h4-7,16-17H,8-14H2,1-3H3/t16-,17+. The van der Waals surface area contributed by atoms with Crippen molar-refractivity contribution in [1.29, 1.82) is 0 Å². The number of ether oxygens (including phenoxy) is 1. The Morgan fingerprint density at radius 3 is 2.15 bits per heavy atom. The van der Waals surface area contributed by atoms with Crippen LogP contribution in [0.1, 0.15) is 19.4 Å². The van der Waals surface area contributed by atoms with E-state index < -0.39 is 10.0 Å². The van der Waals surface area contributed by atoms with Crippen molar-refractivity contribution in [3.05, 3.63) is 29.8 Å². The number of benzene rings is 1. The number of rotatable bonds is 4. The van der Waals surface area contributed by atoms with E-state index in [1.165, 1.54) is 4.31 Å². The SMILES string of the molecule is Cc1ccc(S(=O)(=O)N2CCN(CC(=O)N3C[C@@H](C)O[C@@H](C)C3)CC2)cc1. The molecule has 0 bridgehead atoms. The predicted molar refractivity (Wildman–Crippen MR) is 103 cm³/mol.